The minimum atomic E-state index is -0.996. The third kappa shape index (κ3) is 5.42. The van der Waals surface area contributed by atoms with E-state index in [9.17, 15) is 19.7 Å². The van der Waals surface area contributed by atoms with Crippen LogP contribution in [0.3, 0.4) is 0 Å². The van der Waals surface area contributed by atoms with Crippen molar-refractivity contribution in [3.63, 3.8) is 0 Å². The van der Waals surface area contributed by atoms with Crippen molar-refractivity contribution >= 4 is 17.5 Å². The van der Waals surface area contributed by atoms with Crippen molar-refractivity contribution in [3.05, 3.63) is 75.8 Å². The highest BCUT2D eigenvalue weighted by atomic mass is 16.6. The highest BCUT2D eigenvalue weighted by Crippen LogP contribution is 2.19. The molecule has 2 amide bonds. The molecule has 0 spiro atoms. The second-order valence-corrected chi connectivity index (χ2v) is 5.60. The largest absolute Gasteiger partial charge is 0.368 e. The normalized spacial score (nSPS) is 11.5. The molecule has 2 rings (SSSR count). The van der Waals surface area contributed by atoms with E-state index in [1.807, 2.05) is 30.3 Å². The van der Waals surface area contributed by atoms with Gasteiger partial charge in [-0.05, 0) is 12.0 Å². The van der Waals surface area contributed by atoms with Crippen LogP contribution in [-0.2, 0) is 22.4 Å². The Hall–Kier alpha value is -3.22. The van der Waals surface area contributed by atoms with Gasteiger partial charge in [-0.2, -0.15) is 0 Å². The molecule has 7 nitrogen and oxygen atoms in total. The van der Waals surface area contributed by atoms with Gasteiger partial charge in [0.2, 0.25) is 11.8 Å². The third-order valence-corrected chi connectivity index (χ3v) is 3.77. The van der Waals surface area contributed by atoms with Crippen LogP contribution in [0.1, 0.15) is 17.5 Å². The molecule has 3 N–H and O–H groups in total. The first-order chi connectivity index (χ1) is 12.0. The van der Waals surface area contributed by atoms with Gasteiger partial charge in [-0.3, -0.25) is 19.7 Å². The van der Waals surface area contributed by atoms with Crippen LogP contribution >= 0.6 is 0 Å². The lowest BCUT2D eigenvalue weighted by Gasteiger charge is -2.15. The van der Waals surface area contributed by atoms with E-state index in [1.165, 1.54) is 6.07 Å². The minimum Gasteiger partial charge on any atom is -0.368 e. The summed E-state index contributed by atoms with van der Waals surface area (Å²) in [6.07, 6.45) is 0.706. The first kappa shape index (κ1) is 18.1. The Kier molecular flexibility index (Phi) is 6.22. The van der Waals surface area contributed by atoms with Crippen molar-refractivity contribution in [3.8, 4) is 0 Å². The number of primary amides is 1. The number of nitrogens with two attached hydrogens (primary N) is 1. The zero-order valence-electron chi connectivity index (χ0n) is 13.6. The standard InChI is InChI=1S/C18H19N3O4/c19-18(23)15(12-14-8-4-5-9-16(14)21(24)25)20-17(22)11-10-13-6-2-1-3-7-13/h1-9,15H,10-12H2,(H2,19,23)(H,20,22)/t15-/m0/s1. The molecule has 1 atom stereocenters. The molecule has 7 heteroatoms. The quantitative estimate of drug-likeness (QED) is 0.562. The highest BCUT2D eigenvalue weighted by molar-refractivity contribution is 5.87. The fourth-order valence-corrected chi connectivity index (χ4v) is 2.47. The summed E-state index contributed by atoms with van der Waals surface area (Å²) in [5.41, 5.74) is 6.59. The minimum absolute atomic E-state index is 0.0242. The SMILES string of the molecule is NC(=O)[C@H](Cc1ccccc1[N+](=O)[O-])NC(=O)CCc1ccccc1. The van der Waals surface area contributed by atoms with Gasteiger partial charge in [0, 0.05) is 24.5 Å². The Morgan fingerprint density at radius 2 is 1.72 bits per heavy atom. The van der Waals surface area contributed by atoms with Gasteiger partial charge in [0.15, 0.2) is 0 Å². The molecule has 0 bridgehead atoms. The number of nitro groups is 1. The number of hydrogen-bond acceptors (Lipinski definition) is 4. The van der Waals surface area contributed by atoms with Crippen molar-refractivity contribution < 1.29 is 14.5 Å². The molecule has 0 aliphatic rings. The van der Waals surface area contributed by atoms with Crippen LogP contribution in [0, 0.1) is 10.1 Å². The molecule has 2 aromatic carbocycles. The van der Waals surface area contributed by atoms with Crippen LogP contribution in [0.4, 0.5) is 5.69 Å². The number of nitrogens with one attached hydrogen (secondary N) is 1. The van der Waals surface area contributed by atoms with E-state index in [2.05, 4.69) is 5.32 Å². The monoisotopic (exact) mass is 341 g/mol. The lowest BCUT2D eigenvalue weighted by atomic mass is 10.0. The van der Waals surface area contributed by atoms with Crippen molar-refractivity contribution in [2.75, 3.05) is 0 Å². The van der Waals surface area contributed by atoms with Crippen LogP contribution < -0.4 is 11.1 Å². The van der Waals surface area contributed by atoms with Gasteiger partial charge in [0.1, 0.15) is 6.04 Å². The fourth-order valence-electron chi connectivity index (χ4n) is 2.47. The molecule has 130 valence electrons. The van der Waals surface area contributed by atoms with Crippen molar-refractivity contribution in [1.29, 1.82) is 0 Å². The predicted molar refractivity (Wildman–Crippen MR) is 92.7 cm³/mol. The fraction of sp³-hybridized carbons (Fsp3) is 0.222. The maximum absolute atomic E-state index is 12.1. The topological polar surface area (TPSA) is 115 Å². The zero-order chi connectivity index (χ0) is 18.2. The summed E-state index contributed by atoms with van der Waals surface area (Å²) < 4.78 is 0. The van der Waals surface area contributed by atoms with Gasteiger partial charge in [-0.15, -0.1) is 0 Å². The molecule has 0 aliphatic carbocycles. The van der Waals surface area contributed by atoms with Crippen LogP contribution in [-0.4, -0.2) is 22.8 Å². The highest BCUT2D eigenvalue weighted by Gasteiger charge is 2.22. The molecular weight excluding hydrogens is 322 g/mol. The summed E-state index contributed by atoms with van der Waals surface area (Å²) in [5, 5.41) is 13.6. The summed E-state index contributed by atoms with van der Waals surface area (Å²) in [7, 11) is 0. The number of rotatable bonds is 8. The van der Waals surface area contributed by atoms with Crippen LogP contribution in [0.5, 0.6) is 0 Å². The summed E-state index contributed by atoms with van der Waals surface area (Å²) in [4.78, 5) is 34.3. The molecule has 0 fully saturated rings. The third-order valence-electron chi connectivity index (χ3n) is 3.77. The van der Waals surface area contributed by atoms with Crippen molar-refractivity contribution in [2.24, 2.45) is 5.73 Å². The number of hydrogen-bond donors (Lipinski definition) is 2. The molecule has 0 saturated heterocycles. The Bertz CT molecular complexity index is 762. The number of benzene rings is 2. The van der Waals surface area contributed by atoms with E-state index in [0.717, 1.165) is 5.56 Å². The number of carbonyl (C=O) groups is 2. The summed E-state index contributed by atoms with van der Waals surface area (Å²) in [6, 6.07) is 14.6. The lowest BCUT2D eigenvalue weighted by Crippen LogP contribution is -2.46. The number of para-hydroxylation sites is 1. The molecule has 2 aromatic rings. The Morgan fingerprint density at radius 3 is 2.36 bits per heavy atom. The first-order valence-electron chi connectivity index (χ1n) is 7.82. The van der Waals surface area contributed by atoms with E-state index >= 15 is 0 Å². The lowest BCUT2D eigenvalue weighted by molar-refractivity contribution is -0.385. The number of carbonyl (C=O) groups excluding carboxylic acids is 2. The van der Waals surface area contributed by atoms with E-state index in [0.29, 0.717) is 12.0 Å². The molecule has 0 heterocycles. The maximum Gasteiger partial charge on any atom is 0.272 e. The van der Waals surface area contributed by atoms with Gasteiger partial charge >= 0.3 is 0 Å². The Balaban J connectivity index is 2.00. The van der Waals surface area contributed by atoms with E-state index in [-0.39, 0.29) is 24.4 Å². The van der Waals surface area contributed by atoms with E-state index in [1.54, 1.807) is 18.2 Å². The average molecular weight is 341 g/mol. The maximum atomic E-state index is 12.1. The summed E-state index contributed by atoms with van der Waals surface area (Å²) in [6.45, 7) is 0. The van der Waals surface area contributed by atoms with Gasteiger partial charge in [0.25, 0.3) is 5.69 Å². The van der Waals surface area contributed by atoms with Gasteiger partial charge in [-0.25, -0.2) is 0 Å². The van der Waals surface area contributed by atoms with Gasteiger partial charge < -0.3 is 11.1 Å². The Morgan fingerprint density at radius 1 is 1.08 bits per heavy atom. The predicted octanol–water partition coefficient (Wildman–Crippen LogP) is 1.74. The zero-order valence-corrected chi connectivity index (χ0v) is 13.6. The van der Waals surface area contributed by atoms with Crippen LogP contribution in [0.2, 0.25) is 0 Å². The number of amides is 2. The first-order valence-corrected chi connectivity index (χ1v) is 7.82. The second kappa shape index (κ2) is 8.58. The molecule has 25 heavy (non-hydrogen) atoms. The number of nitrogens with zero attached hydrogens (tertiary/aromatic N) is 1. The number of nitro benzene ring substituents is 1. The summed E-state index contributed by atoms with van der Waals surface area (Å²) in [5.74, 6) is -1.06. The molecule has 0 unspecified atom stereocenters. The van der Waals surface area contributed by atoms with Gasteiger partial charge in [-0.1, -0.05) is 48.5 Å². The molecule has 0 aliphatic heterocycles. The number of aryl methyl sites for hydroxylation is 1. The van der Waals surface area contributed by atoms with Gasteiger partial charge in [0.05, 0.1) is 4.92 Å². The Labute approximate surface area is 145 Å². The van der Waals surface area contributed by atoms with Crippen molar-refractivity contribution in [1.82, 2.24) is 5.32 Å². The summed E-state index contributed by atoms with van der Waals surface area (Å²) >= 11 is 0. The average Bonchev–Trinajstić information content (AvgIpc) is 2.60. The smallest absolute Gasteiger partial charge is 0.272 e. The van der Waals surface area contributed by atoms with Crippen LogP contribution in [0.25, 0.3) is 0 Å². The van der Waals surface area contributed by atoms with Crippen molar-refractivity contribution in [2.45, 2.75) is 25.3 Å². The van der Waals surface area contributed by atoms with E-state index < -0.39 is 16.9 Å². The second-order valence-electron chi connectivity index (χ2n) is 5.60. The molecule has 0 radical (unpaired) electrons. The van der Waals surface area contributed by atoms with E-state index in [4.69, 9.17) is 5.73 Å². The van der Waals surface area contributed by atoms with Crippen LogP contribution in [0.15, 0.2) is 54.6 Å². The molecular formula is C18H19N3O4. The molecule has 0 saturated carbocycles. The molecule has 0 aromatic heterocycles.